The summed E-state index contributed by atoms with van der Waals surface area (Å²) in [5.74, 6) is 1.24. The largest absolute Gasteiger partial charge is 0.493 e. The van der Waals surface area contributed by atoms with Gasteiger partial charge in [-0.15, -0.1) is 0 Å². The van der Waals surface area contributed by atoms with Crippen molar-refractivity contribution < 1.29 is 19.1 Å². The minimum absolute atomic E-state index is 0.00117. The van der Waals surface area contributed by atoms with Crippen LogP contribution in [0.3, 0.4) is 0 Å². The van der Waals surface area contributed by atoms with E-state index in [0.29, 0.717) is 17.9 Å². The van der Waals surface area contributed by atoms with Crippen LogP contribution in [0.5, 0.6) is 11.5 Å². The summed E-state index contributed by atoms with van der Waals surface area (Å²) >= 11 is 0. The van der Waals surface area contributed by atoms with Crippen LogP contribution in [0.2, 0.25) is 0 Å². The van der Waals surface area contributed by atoms with Gasteiger partial charge in [0.2, 0.25) is 11.8 Å². The highest BCUT2D eigenvalue weighted by Crippen LogP contribution is 2.39. The normalized spacial score (nSPS) is 12.1. The molecule has 192 valence electrons. The zero-order chi connectivity index (χ0) is 26.0. The Kier molecular flexibility index (Phi) is 10.6. The summed E-state index contributed by atoms with van der Waals surface area (Å²) in [4.78, 5) is 25.3. The van der Waals surface area contributed by atoms with Crippen LogP contribution in [0, 0.1) is 0 Å². The van der Waals surface area contributed by atoms with Crippen molar-refractivity contribution in [3.05, 3.63) is 53.1 Å². The number of rotatable bonds is 12. The molecule has 0 heterocycles. The smallest absolute Gasteiger partial charge is 0.224 e. The van der Waals surface area contributed by atoms with Gasteiger partial charge in [-0.3, -0.25) is 9.59 Å². The first-order valence-electron chi connectivity index (χ1n) is 12.5. The average Bonchev–Trinajstić information content (AvgIpc) is 2.82. The van der Waals surface area contributed by atoms with Gasteiger partial charge in [0, 0.05) is 24.7 Å². The number of carbonyl (C=O) groups excluding carboxylic acids is 2. The van der Waals surface area contributed by atoms with E-state index < -0.39 is 0 Å². The number of unbranched alkanes of at least 4 members (excludes halogenated alkanes) is 2. The van der Waals surface area contributed by atoms with Gasteiger partial charge in [-0.2, -0.15) is 0 Å². The number of amides is 2. The van der Waals surface area contributed by atoms with Crippen molar-refractivity contribution in [3.63, 3.8) is 0 Å². The maximum Gasteiger partial charge on any atom is 0.224 e. The van der Waals surface area contributed by atoms with E-state index in [9.17, 15) is 9.59 Å². The third-order valence-electron chi connectivity index (χ3n) is 6.27. The molecule has 2 aromatic rings. The van der Waals surface area contributed by atoms with E-state index in [4.69, 9.17) is 9.47 Å². The van der Waals surface area contributed by atoms with Crippen LogP contribution < -0.4 is 20.1 Å². The molecule has 6 nitrogen and oxygen atoms in total. The molecule has 2 N–H and O–H groups in total. The number of methoxy groups -OCH3 is 2. The molecule has 0 aliphatic rings. The van der Waals surface area contributed by atoms with Crippen LogP contribution >= 0.6 is 0 Å². The summed E-state index contributed by atoms with van der Waals surface area (Å²) in [6.45, 7) is 8.52. The van der Waals surface area contributed by atoms with Crippen LogP contribution in [0.15, 0.2) is 36.4 Å². The number of para-hydroxylation sites is 1. The molecule has 0 saturated heterocycles. The molecule has 0 spiro atoms. The van der Waals surface area contributed by atoms with Gasteiger partial charge in [0.05, 0.1) is 20.6 Å². The van der Waals surface area contributed by atoms with Gasteiger partial charge >= 0.3 is 0 Å². The molecule has 6 heteroatoms. The summed E-state index contributed by atoms with van der Waals surface area (Å²) in [7, 11) is 4.89. The second-order valence-electron chi connectivity index (χ2n) is 10.0. The predicted octanol–water partition coefficient (Wildman–Crippen LogP) is 5.98. The Labute approximate surface area is 210 Å². The molecule has 0 aliphatic carbocycles. The van der Waals surface area contributed by atoms with Gasteiger partial charge < -0.3 is 20.1 Å². The molecule has 1 atom stereocenters. The topological polar surface area (TPSA) is 76.7 Å². The summed E-state index contributed by atoms with van der Waals surface area (Å²) in [5.41, 5.74) is 3.48. The number of carbonyl (C=O) groups is 2. The lowest BCUT2D eigenvalue weighted by Crippen LogP contribution is -2.22. The minimum Gasteiger partial charge on any atom is -0.493 e. The summed E-state index contributed by atoms with van der Waals surface area (Å²) in [5, 5.41) is 5.82. The van der Waals surface area contributed by atoms with Crippen molar-refractivity contribution in [1.29, 1.82) is 0 Å². The first kappa shape index (κ1) is 28.2. The molecule has 2 aromatic carbocycles. The average molecular weight is 483 g/mol. The number of ether oxygens (including phenoxy) is 2. The summed E-state index contributed by atoms with van der Waals surface area (Å²) < 4.78 is 11.2. The third kappa shape index (κ3) is 8.01. The molecular formula is C29H42N2O4. The number of anilines is 1. The monoisotopic (exact) mass is 482 g/mol. The zero-order valence-electron chi connectivity index (χ0n) is 22.4. The molecule has 0 aliphatic heterocycles. The van der Waals surface area contributed by atoms with E-state index >= 15 is 0 Å². The Bertz CT molecular complexity index is 995. The molecule has 0 aromatic heterocycles. The lowest BCUT2D eigenvalue weighted by Gasteiger charge is -2.25. The molecule has 1 unspecified atom stereocenters. The number of benzene rings is 2. The van der Waals surface area contributed by atoms with Crippen molar-refractivity contribution in [2.75, 3.05) is 26.6 Å². The third-order valence-corrected chi connectivity index (χ3v) is 6.27. The predicted molar refractivity (Wildman–Crippen MR) is 143 cm³/mol. The van der Waals surface area contributed by atoms with Crippen LogP contribution in [-0.4, -0.2) is 33.1 Å². The van der Waals surface area contributed by atoms with Gasteiger partial charge in [0.25, 0.3) is 0 Å². The quantitative estimate of drug-likeness (QED) is 0.365. The molecule has 35 heavy (non-hydrogen) atoms. The Morgan fingerprint density at radius 3 is 2.34 bits per heavy atom. The van der Waals surface area contributed by atoms with Crippen molar-refractivity contribution in [3.8, 4) is 11.5 Å². The standard InChI is InChI=1S/C29H42N2O4/c1-8-9-10-12-21(22-13-11-14-25(34-6)28(22)35-7)19-27(33)31-24-17-20(18-26(32)30-5)15-16-23(24)29(2,3)4/h11,13-17,21H,8-10,12,18-19H2,1-7H3,(H,30,32)(H,31,33). The van der Waals surface area contributed by atoms with Gasteiger partial charge in [-0.25, -0.2) is 0 Å². The second-order valence-corrected chi connectivity index (χ2v) is 10.0. The highest BCUT2D eigenvalue weighted by Gasteiger charge is 2.24. The van der Waals surface area contributed by atoms with Crippen molar-refractivity contribution in [2.45, 2.75) is 77.6 Å². The van der Waals surface area contributed by atoms with E-state index in [2.05, 4.69) is 38.3 Å². The zero-order valence-corrected chi connectivity index (χ0v) is 22.4. The molecule has 0 fully saturated rings. The number of hydrogen-bond acceptors (Lipinski definition) is 4. The number of hydrogen-bond donors (Lipinski definition) is 2. The van der Waals surface area contributed by atoms with E-state index in [1.807, 2.05) is 36.4 Å². The van der Waals surface area contributed by atoms with E-state index in [1.54, 1.807) is 21.3 Å². The van der Waals surface area contributed by atoms with E-state index in [-0.39, 0.29) is 29.6 Å². The maximum atomic E-state index is 13.4. The first-order valence-corrected chi connectivity index (χ1v) is 12.5. The van der Waals surface area contributed by atoms with E-state index in [1.165, 1.54) is 0 Å². The summed E-state index contributed by atoms with van der Waals surface area (Å²) in [6.07, 6.45) is 4.74. The molecule has 0 bridgehead atoms. The van der Waals surface area contributed by atoms with Crippen molar-refractivity contribution in [1.82, 2.24) is 5.32 Å². The SMILES string of the molecule is CCCCCC(CC(=O)Nc1cc(CC(=O)NC)ccc1C(C)(C)C)c1cccc(OC)c1OC. The lowest BCUT2D eigenvalue weighted by molar-refractivity contribution is -0.120. The van der Waals surface area contributed by atoms with Crippen molar-refractivity contribution in [2.24, 2.45) is 0 Å². The highest BCUT2D eigenvalue weighted by molar-refractivity contribution is 5.92. The highest BCUT2D eigenvalue weighted by atomic mass is 16.5. The molecule has 2 rings (SSSR count). The van der Waals surface area contributed by atoms with Gasteiger partial charge in [-0.1, -0.05) is 71.2 Å². The fourth-order valence-electron chi connectivity index (χ4n) is 4.40. The minimum atomic E-state index is -0.162. The van der Waals surface area contributed by atoms with Gasteiger partial charge in [0.1, 0.15) is 0 Å². The van der Waals surface area contributed by atoms with Crippen LogP contribution in [0.1, 0.15) is 82.4 Å². The van der Waals surface area contributed by atoms with Crippen LogP contribution in [0.25, 0.3) is 0 Å². The molecule has 2 amide bonds. The molecular weight excluding hydrogens is 440 g/mol. The van der Waals surface area contributed by atoms with Crippen molar-refractivity contribution >= 4 is 17.5 Å². The Morgan fingerprint density at radius 2 is 1.74 bits per heavy atom. The van der Waals surface area contributed by atoms with Gasteiger partial charge in [-0.05, 0) is 41.0 Å². The fourth-order valence-corrected chi connectivity index (χ4v) is 4.40. The number of nitrogens with one attached hydrogen (secondary N) is 2. The lowest BCUT2D eigenvalue weighted by atomic mass is 9.84. The van der Waals surface area contributed by atoms with Gasteiger partial charge in [0.15, 0.2) is 11.5 Å². The summed E-state index contributed by atoms with van der Waals surface area (Å²) in [6, 6.07) is 11.7. The van der Waals surface area contributed by atoms with Crippen LogP contribution in [-0.2, 0) is 21.4 Å². The fraction of sp³-hybridized carbons (Fsp3) is 0.517. The Balaban J connectivity index is 2.35. The van der Waals surface area contributed by atoms with E-state index in [0.717, 1.165) is 48.1 Å². The second kappa shape index (κ2) is 13.2. The Hall–Kier alpha value is -3.02. The number of likely N-dealkylation sites (N-methyl/N-ethyl adjacent to an activating group) is 1. The van der Waals surface area contributed by atoms with Crippen LogP contribution in [0.4, 0.5) is 5.69 Å². The molecule has 0 radical (unpaired) electrons. The Morgan fingerprint density at radius 1 is 1.00 bits per heavy atom. The molecule has 0 saturated carbocycles. The first-order chi connectivity index (χ1) is 16.6. The maximum absolute atomic E-state index is 13.4.